The SMILES string of the molecule is [Pt].[c-]1c(N2[OH+]N(c3ccccc3)c3ccccc32)cccc1C(c1[c-]c2c(cc1)c1ccccc1n2-c1cc(-c2c(-c3ccccc3)cccc2-c2ccccc2)ccn1)(c1ccccc1)c1ccccc1. The summed E-state index contributed by atoms with van der Waals surface area (Å²) in [7, 11) is 0. The van der Waals surface area contributed by atoms with E-state index in [0.717, 1.165) is 106 Å². The summed E-state index contributed by atoms with van der Waals surface area (Å²) in [5.41, 5.74) is 15.9. The van der Waals surface area contributed by atoms with Crippen molar-refractivity contribution in [2.45, 2.75) is 5.41 Å². The minimum Gasteiger partial charge on any atom is -0.319 e. The van der Waals surface area contributed by atoms with Gasteiger partial charge in [0, 0.05) is 43.9 Å². The Morgan fingerprint density at radius 2 is 0.958 bits per heavy atom. The van der Waals surface area contributed by atoms with Crippen LogP contribution in [0.15, 0.2) is 267 Å². The second-order valence-electron chi connectivity index (χ2n) is 17.8. The summed E-state index contributed by atoms with van der Waals surface area (Å²) >= 11 is 0. The summed E-state index contributed by atoms with van der Waals surface area (Å²) in [6.07, 6.45) is 1.95. The van der Waals surface area contributed by atoms with Crippen molar-refractivity contribution in [2.75, 3.05) is 10.1 Å². The molecule has 2 aromatic heterocycles. The monoisotopic (exact) mass is 1100 g/mol. The summed E-state index contributed by atoms with van der Waals surface area (Å²) < 4.78 is 2.30. The quantitative estimate of drug-likeness (QED) is 0.0778. The third kappa shape index (κ3) is 7.54. The van der Waals surface area contributed by atoms with Crippen molar-refractivity contribution < 1.29 is 26.0 Å². The Kier molecular flexibility index (Phi) is 11.7. The van der Waals surface area contributed by atoms with Crippen LogP contribution in [0.3, 0.4) is 0 Å². The fourth-order valence-electron chi connectivity index (χ4n) is 10.7. The summed E-state index contributed by atoms with van der Waals surface area (Å²) in [4.78, 5) is 10.4. The Hall–Kier alpha value is -8.60. The van der Waals surface area contributed by atoms with Crippen LogP contribution >= 0.6 is 0 Å². The second kappa shape index (κ2) is 19.0. The Labute approximate surface area is 433 Å². The van der Waals surface area contributed by atoms with E-state index in [0.29, 0.717) is 0 Å². The molecule has 0 bridgehead atoms. The molecule has 0 spiro atoms. The Morgan fingerprint density at radius 1 is 0.417 bits per heavy atom. The fourth-order valence-corrected chi connectivity index (χ4v) is 10.7. The molecule has 72 heavy (non-hydrogen) atoms. The summed E-state index contributed by atoms with van der Waals surface area (Å²) in [5.74, 6) is 0.805. The van der Waals surface area contributed by atoms with E-state index >= 15 is 0 Å². The zero-order valence-electron chi connectivity index (χ0n) is 39.0. The zero-order chi connectivity index (χ0) is 47.1. The minimum atomic E-state index is -0.874. The van der Waals surface area contributed by atoms with Crippen LogP contribution in [0.2, 0.25) is 0 Å². The first kappa shape index (κ1) is 44.6. The topological polar surface area (TPSA) is 37.1 Å². The van der Waals surface area contributed by atoms with Gasteiger partial charge in [-0.1, -0.05) is 199 Å². The van der Waals surface area contributed by atoms with Crippen molar-refractivity contribution in [1.82, 2.24) is 9.55 Å². The molecule has 0 radical (unpaired) electrons. The maximum Gasteiger partial charge on any atom is 0.148 e. The van der Waals surface area contributed by atoms with Crippen LogP contribution in [0, 0.1) is 12.1 Å². The fraction of sp³-hybridized carbons (Fsp3) is 0.0152. The molecule has 0 saturated heterocycles. The zero-order valence-corrected chi connectivity index (χ0v) is 41.2. The standard InChI is InChI=1S/C66H44N4O.Pt/c1-6-22-47(23-7-1)56-35-21-36-57(48-24-8-2-9-25-48)65(56)49-42-43-67-64(44-49)68-60-37-17-16-34-58(60)59-41-40-53(46-63(59)68)66(50-26-10-3-11-27-50,51-28-12-4-13-29-51)52-30-20-33-55(45-52)70-62-39-19-18-38-61(62)69(71-70)54-31-14-5-15-32-54;/h1-44H;/q-2;/p+1. The van der Waals surface area contributed by atoms with E-state index in [4.69, 9.17) is 9.92 Å². The molecule has 3 heterocycles. The number of pyridine rings is 1. The maximum absolute atomic E-state index is 5.24. The minimum absolute atomic E-state index is 0. The molecule has 13 rings (SSSR count). The van der Waals surface area contributed by atoms with Gasteiger partial charge in [-0.15, -0.1) is 33.7 Å². The third-order valence-corrected chi connectivity index (χ3v) is 13.8. The van der Waals surface area contributed by atoms with Gasteiger partial charge in [-0.05, 0) is 92.4 Å². The van der Waals surface area contributed by atoms with Crippen LogP contribution in [0.1, 0.15) is 22.3 Å². The Balaban J connectivity index is 0.00000530. The van der Waals surface area contributed by atoms with Crippen LogP contribution in [-0.2, 0) is 26.5 Å². The van der Waals surface area contributed by atoms with Crippen molar-refractivity contribution >= 4 is 44.6 Å². The van der Waals surface area contributed by atoms with E-state index in [1.54, 1.807) is 0 Å². The average Bonchev–Trinajstić information content (AvgIpc) is 4.01. The molecule has 1 N–H and O–H groups in total. The molecular weight excluding hydrogens is 1060 g/mol. The Bertz CT molecular complexity index is 3770. The van der Waals surface area contributed by atoms with E-state index in [2.05, 4.69) is 259 Å². The van der Waals surface area contributed by atoms with Crippen LogP contribution in [0.25, 0.3) is 61.0 Å². The number of anilines is 4. The van der Waals surface area contributed by atoms with Gasteiger partial charge in [0.05, 0.1) is 0 Å². The summed E-state index contributed by atoms with van der Waals surface area (Å²) in [5, 5.41) is 6.23. The molecule has 0 unspecified atom stereocenters. The van der Waals surface area contributed by atoms with Gasteiger partial charge < -0.3 is 4.57 Å². The van der Waals surface area contributed by atoms with E-state index < -0.39 is 5.41 Å². The van der Waals surface area contributed by atoms with Crippen molar-refractivity contribution in [3.63, 3.8) is 0 Å². The molecule has 346 valence electrons. The largest absolute Gasteiger partial charge is 0.319 e. The number of fused-ring (bicyclic) bond motifs is 4. The normalized spacial score (nSPS) is 12.2. The maximum atomic E-state index is 5.24. The number of aromatic nitrogens is 2. The molecule has 10 aromatic carbocycles. The number of hydrogen-bond donors (Lipinski definition) is 0. The van der Waals surface area contributed by atoms with Crippen LogP contribution < -0.4 is 10.1 Å². The number of para-hydroxylation sites is 4. The molecule has 6 heteroatoms. The molecule has 0 saturated carbocycles. The summed E-state index contributed by atoms with van der Waals surface area (Å²) in [6, 6.07) is 100. The van der Waals surface area contributed by atoms with Gasteiger partial charge in [-0.2, -0.15) is 35.3 Å². The van der Waals surface area contributed by atoms with Gasteiger partial charge in [0.15, 0.2) is 0 Å². The van der Waals surface area contributed by atoms with E-state index in [-0.39, 0.29) is 21.1 Å². The van der Waals surface area contributed by atoms with E-state index in [1.165, 1.54) is 0 Å². The van der Waals surface area contributed by atoms with Crippen molar-refractivity contribution in [2.24, 2.45) is 0 Å². The number of hydrogen-bond acceptors (Lipinski definition) is 3. The molecule has 0 fully saturated rings. The van der Waals surface area contributed by atoms with Crippen molar-refractivity contribution in [3.05, 3.63) is 301 Å². The molecular formula is C66H45N4OPt-. The number of rotatable bonds is 10. The average molecular weight is 1110 g/mol. The number of benzene rings is 10. The smallest absolute Gasteiger partial charge is 0.148 e. The second-order valence-corrected chi connectivity index (χ2v) is 17.8. The first-order valence-electron chi connectivity index (χ1n) is 24.0. The first-order valence-corrected chi connectivity index (χ1v) is 24.0. The van der Waals surface area contributed by atoms with Gasteiger partial charge in [-0.25, -0.2) is 4.98 Å². The molecule has 0 aliphatic carbocycles. The van der Waals surface area contributed by atoms with Gasteiger partial charge in [0.1, 0.15) is 22.9 Å². The Morgan fingerprint density at radius 3 is 1.61 bits per heavy atom. The molecule has 1 aliphatic heterocycles. The van der Waals surface area contributed by atoms with Crippen LogP contribution in [0.5, 0.6) is 0 Å². The third-order valence-electron chi connectivity index (χ3n) is 13.8. The molecule has 0 amide bonds. The van der Waals surface area contributed by atoms with Gasteiger partial charge >= 0.3 is 0 Å². The van der Waals surface area contributed by atoms with Crippen LogP contribution in [0.4, 0.5) is 22.7 Å². The van der Waals surface area contributed by atoms with Gasteiger partial charge in [0.25, 0.3) is 0 Å². The predicted octanol–water partition coefficient (Wildman–Crippen LogP) is 16.3. The van der Waals surface area contributed by atoms with Gasteiger partial charge in [-0.3, -0.25) is 0 Å². The van der Waals surface area contributed by atoms with E-state index in [1.807, 2.05) is 34.5 Å². The molecule has 1 aliphatic rings. The van der Waals surface area contributed by atoms with Crippen LogP contribution in [-0.4, -0.2) is 14.5 Å². The number of nitrogens with zero attached hydrogens (tertiary/aromatic N) is 4. The van der Waals surface area contributed by atoms with Gasteiger partial charge in [0.2, 0.25) is 0 Å². The first-order chi connectivity index (χ1) is 35.2. The molecule has 12 aromatic rings. The molecule has 5 nitrogen and oxygen atoms in total. The summed E-state index contributed by atoms with van der Waals surface area (Å²) in [6.45, 7) is 0. The molecule has 0 atom stereocenters. The van der Waals surface area contributed by atoms with E-state index in [9.17, 15) is 0 Å². The predicted molar refractivity (Wildman–Crippen MR) is 290 cm³/mol. The van der Waals surface area contributed by atoms with Crippen molar-refractivity contribution in [3.8, 4) is 39.2 Å². The van der Waals surface area contributed by atoms with Crippen molar-refractivity contribution in [1.29, 1.82) is 0 Å².